The zero-order valence-corrected chi connectivity index (χ0v) is 12.7. The van der Waals surface area contributed by atoms with E-state index in [1.807, 2.05) is 4.68 Å². The molecule has 0 radical (unpaired) electrons. The Balaban J connectivity index is 2.65. The van der Waals surface area contributed by atoms with Gasteiger partial charge in [0, 0.05) is 18.0 Å². The molecule has 5 heteroatoms. The second kappa shape index (κ2) is 7.10. The molecule has 1 heterocycles. The highest BCUT2D eigenvalue weighted by Gasteiger charge is 2.24. The number of nitrogens with zero attached hydrogens (tertiary/aromatic N) is 3. The van der Waals surface area contributed by atoms with Crippen LogP contribution in [0.3, 0.4) is 0 Å². The molecular formula is C13H25ClN4. The topological polar surface area (TPSA) is 42.7 Å². The first-order valence-corrected chi connectivity index (χ1v) is 7.28. The molecule has 1 aromatic rings. The number of hydrogen-bond acceptors (Lipinski definition) is 3. The summed E-state index contributed by atoms with van der Waals surface area (Å²) in [5.41, 5.74) is 0.0101. The zero-order valence-electron chi connectivity index (χ0n) is 11.9. The first-order valence-electron chi connectivity index (χ1n) is 6.74. The van der Waals surface area contributed by atoms with Crippen LogP contribution in [0.5, 0.6) is 0 Å². The lowest BCUT2D eigenvalue weighted by atomic mass is 9.95. The maximum Gasteiger partial charge on any atom is 0.140 e. The van der Waals surface area contributed by atoms with Crippen LogP contribution in [0.2, 0.25) is 0 Å². The average Bonchev–Trinajstić information content (AvgIpc) is 2.78. The quantitative estimate of drug-likeness (QED) is 0.740. The lowest BCUT2D eigenvalue weighted by Gasteiger charge is -2.30. The van der Waals surface area contributed by atoms with E-state index in [9.17, 15) is 0 Å². The molecular weight excluding hydrogens is 248 g/mol. The third-order valence-electron chi connectivity index (χ3n) is 3.46. The molecule has 0 spiro atoms. The normalized spacial score (nSPS) is 12.3. The van der Waals surface area contributed by atoms with Crippen molar-refractivity contribution in [1.82, 2.24) is 20.1 Å². The van der Waals surface area contributed by atoms with Crippen molar-refractivity contribution in [3.05, 3.63) is 12.2 Å². The maximum atomic E-state index is 6.08. The molecule has 18 heavy (non-hydrogen) atoms. The third kappa shape index (κ3) is 3.95. The summed E-state index contributed by atoms with van der Waals surface area (Å²) >= 11 is 6.08. The van der Waals surface area contributed by atoms with Gasteiger partial charge in [-0.05, 0) is 18.8 Å². The number of rotatable bonds is 8. The van der Waals surface area contributed by atoms with Crippen molar-refractivity contribution in [3.8, 4) is 0 Å². The number of halogens is 1. The predicted molar refractivity (Wildman–Crippen MR) is 75.7 cm³/mol. The highest BCUT2D eigenvalue weighted by atomic mass is 35.5. The Hall–Kier alpha value is -0.610. The van der Waals surface area contributed by atoms with Crippen molar-refractivity contribution < 1.29 is 0 Å². The van der Waals surface area contributed by atoms with Gasteiger partial charge < -0.3 is 5.32 Å². The highest BCUT2D eigenvalue weighted by Crippen LogP contribution is 2.17. The van der Waals surface area contributed by atoms with Gasteiger partial charge in [0.15, 0.2) is 0 Å². The molecule has 0 aliphatic heterocycles. The highest BCUT2D eigenvalue weighted by molar-refractivity contribution is 6.18. The predicted octanol–water partition coefficient (Wildman–Crippen LogP) is 2.82. The molecule has 1 N–H and O–H groups in total. The van der Waals surface area contributed by atoms with Gasteiger partial charge in [-0.3, -0.25) is 0 Å². The summed E-state index contributed by atoms with van der Waals surface area (Å²) in [6.07, 6.45) is 3.66. The molecule has 0 amide bonds. The molecule has 0 fully saturated rings. The minimum Gasteiger partial charge on any atom is -0.303 e. The van der Waals surface area contributed by atoms with Gasteiger partial charge in [-0.25, -0.2) is 9.67 Å². The van der Waals surface area contributed by atoms with Gasteiger partial charge in [0.05, 0.1) is 6.54 Å². The summed E-state index contributed by atoms with van der Waals surface area (Å²) in [5, 5.41) is 7.81. The molecule has 0 saturated heterocycles. The summed E-state index contributed by atoms with van der Waals surface area (Å²) in [6, 6.07) is 0. The Kier molecular flexibility index (Phi) is 6.09. The molecule has 0 atom stereocenters. The van der Waals surface area contributed by atoms with E-state index in [1.165, 1.54) is 0 Å². The Morgan fingerprint density at radius 1 is 1.39 bits per heavy atom. The van der Waals surface area contributed by atoms with Crippen molar-refractivity contribution in [2.75, 3.05) is 5.88 Å². The molecule has 0 saturated carbocycles. The number of alkyl halides is 1. The first-order chi connectivity index (χ1) is 8.56. The molecule has 1 rings (SSSR count). The minimum atomic E-state index is 0.0101. The van der Waals surface area contributed by atoms with E-state index < -0.39 is 0 Å². The molecule has 0 aromatic carbocycles. The molecule has 0 bridgehead atoms. The van der Waals surface area contributed by atoms with Crippen LogP contribution in [-0.4, -0.2) is 26.2 Å². The van der Waals surface area contributed by atoms with Gasteiger partial charge in [0.25, 0.3) is 0 Å². The van der Waals surface area contributed by atoms with Crippen molar-refractivity contribution in [3.63, 3.8) is 0 Å². The monoisotopic (exact) mass is 272 g/mol. The lowest BCUT2D eigenvalue weighted by Crippen LogP contribution is -2.46. The SMILES string of the molecule is CCC(CC)(CCl)NCc1ncnn1CC(C)C. The van der Waals surface area contributed by atoms with E-state index in [0.29, 0.717) is 11.8 Å². The molecule has 104 valence electrons. The largest absolute Gasteiger partial charge is 0.303 e. The Morgan fingerprint density at radius 3 is 2.56 bits per heavy atom. The maximum absolute atomic E-state index is 6.08. The van der Waals surface area contributed by atoms with Crippen molar-refractivity contribution in [1.29, 1.82) is 0 Å². The summed E-state index contributed by atoms with van der Waals surface area (Å²) in [6.45, 7) is 10.3. The molecule has 0 unspecified atom stereocenters. The number of hydrogen-bond donors (Lipinski definition) is 1. The Morgan fingerprint density at radius 2 is 2.06 bits per heavy atom. The van der Waals surface area contributed by atoms with E-state index in [1.54, 1.807) is 6.33 Å². The molecule has 0 aliphatic carbocycles. The zero-order chi connectivity index (χ0) is 13.6. The van der Waals surface area contributed by atoms with Gasteiger partial charge in [-0.1, -0.05) is 27.7 Å². The van der Waals surface area contributed by atoms with Crippen LogP contribution < -0.4 is 5.32 Å². The van der Waals surface area contributed by atoms with Crippen LogP contribution in [-0.2, 0) is 13.1 Å². The van der Waals surface area contributed by atoms with Crippen LogP contribution >= 0.6 is 11.6 Å². The van der Waals surface area contributed by atoms with E-state index in [-0.39, 0.29) is 5.54 Å². The van der Waals surface area contributed by atoms with Crippen LogP contribution in [0.1, 0.15) is 46.4 Å². The molecule has 1 aromatic heterocycles. The fourth-order valence-electron chi connectivity index (χ4n) is 1.93. The van der Waals surface area contributed by atoms with Crippen molar-refractivity contribution >= 4 is 11.6 Å². The van der Waals surface area contributed by atoms with Gasteiger partial charge in [0.1, 0.15) is 12.2 Å². The lowest BCUT2D eigenvalue weighted by molar-refractivity contribution is 0.324. The van der Waals surface area contributed by atoms with Crippen LogP contribution in [0.15, 0.2) is 6.33 Å². The average molecular weight is 273 g/mol. The van der Waals surface area contributed by atoms with Gasteiger partial charge in [-0.2, -0.15) is 5.10 Å². The fourth-order valence-corrected chi connectivity index (χ4v) is 2.40. The molecule has 4 nitrogen and oxygen atoms in total. The summed E-state index contributed by atoms with van der Waals surface area (Å²) in [7, 11) is 0. The van der Waals surface area contributed by atoms with E-state index in [4.69, 9.17) is 11.6 Å². The standard InChI is InChI=1S/C13H25ClN4/c1-5-13(6-2,9-14)16-7-12-15-10-17-18(12)8-11(3)4/h10-11,16H,5-9H2,1-4H3. The Bertz CT molecular complexity index is 336. The first kappa shape index (κ1) is 15.4. The van der Waals surface area contributed by atoms with Crippen LogP contribution in [0.4, 0.5) is 0 Å². The van der Waals surface area contributed by atoms with Gasteiger partial charge >= 0.3 is 0 Å². The van der Waals surface area contributed by atoms with Crippen molar-refractivity contribution in [2.45, 2.75) is 59.2 Å². The number of nitrogens with one attached hydrogen (secondary N) is 1. The van der Waals surface area contributed by atoms with Crippen molar-refractivity contribution in [2.24, 2.45) is 5.92 Å². The van der Waals surface area contributed by atoms with E-state index in [2.05, 4.69) is 43.1 Å². The van der Waals surface area contributed by atoms with Crippen LogP contribution in [0.25, 0.3) is 0 Å². The number of aromatic nitrogens is 3. The van der Waals surface area contributed by atoms with Gasteiger partial charge in [-0.15, -0.1) is 11.6 Å². The van der Waals surface area contributed by atoms with Crippen LogP contribution in [0, 0.1) is 5.92 Å². The molecule has 0 aliphatic rings. The second-order valence-corrected chi connectivity index (χ2v) is 5.49. The Labute approximate surface area is 115 Å². The van der Waals surface area contributed by atoms with E-state index >= 15 is 0 Å². The fraction of sp³-hybridized carbons (Fsp3) is 0.846. The third-order valence-corrected chi connectivity index (χ3v) is 3.98. The minimum absolute atomic E-state index is 0.0101. The second-order valence-electron chi connectivity index (χ2n) is 5.23. The summed E-state index contributed by atoms with van der Waals surface area (Å²) in [5.74, 6) is 2.18. The smallest absolute Gasteiger partial charge is 0.140 e. The van der Waals surface area contributed by atoms with Gasteiger partial charge in [0.2, 0.25) is 0 Å². The van der Waals surface area contributed by atoms with E-state index in [0.717, 1.165) is 31.8 Å². The summed E-state index contributed by atoms with van der Waals surface area (Å²) < 4.78 is 1.97. The summed E-state index contributed by atoms with van der Waals surface area (Å²) in [4.78, 5) is 4.32.